The fourth-order valence-electron chi connectivity index (χ4n) is 5.38. The predicted octanol–water partition coefficient (Wildman–Crippen LogP) is 9.40. The van der Waals surface area contributed by atoms with Crippen LogP contribution in [0, 0.1) is 0 Å². The van der Waals surface area contributed by atoms with Gasteiger partial charge in [0.05, 0.1) is 46.9 Å². The zero-order valence-electron chi connectivity index (χ0n) is 27.3. The van der Waals surface area contributed by atoms with E-state index in [1.807, 2.05) is 97.7 Å². The van der Waals surface area contributed by atoms with E-state index in [9.17, 15) is 0 Å². The average Bonchev–Trinajstić information content (AvgIpc) is 3.18. The van der Waals surface area contributed by atoms with E-state index in [-0.39, 0.29) is 50.4 Å². The quantitative estimate of drug-likeness (QED) is 0.130. The molecule has 268 valence electrons. The number of nitrogens with zero attached hydrogens (tertiary/aromatic N) is 8. The SMILES string of the molecule is C(=N[C@H]1CCCC[C@@H]1N=Cc1ccccn1)c1ccccn1.C(=N[C@H]1CCCC[C@@H]1N=Cc1ccccn1)c1ccccn1.[Cl][Fe][Cl].[Cl][Fe][Cl]. The Morgan fingerprint density at radius 2 is 0.640 bits per heavy atom. The molecule has 0 aliphatic heterocycles. The molecule has 50 heavy (non-hydrogen) atoms. The molecule has 0 saturated heterocycles. The molecule has 14 heteroatoms. The number of halogens is 4. The second-order valence-corrected chi connectivity index (χ2v) is 14.7. The number of aromatic nitrogens is 4. The minimum absolute atomic E-state index is 0.194. The molecule has 8 nitrogen and oxygen atoms in total. The molecular formula is C36H40Cl4Fe2N8. The van der Waals surface area contributed by atoms with Crippen LogP contribution in [0.2, 0.25) is 0 Å². The van der Waals surface area contributed by atoms with Crippen LogP contribution in [-0.4, -0.2) is 69.0 Å². The van der Waals surface area contributed by atoms with Crippen molar-refractivity contribution in [1.29, 1.82) is 0 Å². The van der Waals surface area contributed by atoms with Crippen molar-refractivity contribution in [3.8, 4) is 0 Å². The summed E-state index contributed by atoms with van der Waals surface area (Å²) in [5.41, 5.74) is 3.61. The monoisotopic (exact) mass is 836 g/mol. The van der Waals surface area contributed by atoms with Crippen LogP contribution in [0.4, 0.5) is 0 Å². The van der Waals surface area contributed by atoms with Gasteiger partial charge >= 0.3 is 66.7 Å². The van der Waals surface area contributed by atoms with Crippen LogP contribution in [0.3, 0.4) is 0 Å². The number of rotatable bonds is 8. The van der Waals surface area contributed by atoms with Crippen LogP contribution in [0.5, 0.6) is 0 Å². The molecule has 0 spiro atoms. The third kappa shape index (κ3) is 17.6. The summed E-state index contributed by atoms with van der Waals surface area (Å²) in [4.78, 5) is 36.0. The predicted molar refractivity (Wildman–Crippen MR) is 203 cm³/mol. The Hall–Kier alpha value is -2.52. The molecule has 4 atom stereocenters. The minimum atomic E-state index is 0.194. The number of hydrogen-bond donors (Lipinski definition) is 0. The summed E-state index contributed by atoms with van der Waals surface area (Å²) in [5, 5.41) is 0. The van der Waals surface area contributed by atoms with Gasteiger partial charge in [-0.2, -0.15) is 0 Å². The first-order chi connectivity index (χ1) is 24.7. The van der Waals surface area contributed by atoms with E-state index in [4.69, 9.17) is 60.4 Å². The van der Waals surface area contributed by atoms with Crippen LogP contribution in [0.15, 0.2) is 118 Å². The van der Waals surface area contributed by atoms with Gasteiger partial charge in [-0.1, -0.05) is 49.9 Å². The van der Waals surface area contributed by atoms with Gasteiger partial charge in [0, 0.05) is 49.6 Å². The summed E-state index contributed by atoms with van der Waals surface area (Å²) >= 11 is 0.389. The van der Waals surface area contributed by atoms with Crippen molar-refractivity contribution in [1.82, 2.24) is 19.9 Å². The van der Waals surface area contributed by atoms with Crippen LogP contribution in [-0.2, 0) is 26.3 Å². The summed E-state index contributed by atoms with van der Waals surface area (Å²) in [5.74, 6) is 0. The van der Waals surface area contributed by atoms with Crippen molar-refractivity contribution in [3.05, 3.63) is 120 Å². The van der Waals surface area contributed by atoms with Gasteiger partial charge in [-0.3, -0.25) is 39.9 Å². The van der Waals surface area contributed by atoms with Crippen LogP contribution in [0.25, 0.3) is 0 Å². The van der Waals surface area contributed by atoms with Gasteiger partial charge in [0.15, 0.2) is 0 Å². The summed E-state index contributed by atoms with van der Waals surface area (Å²) in [6.45, 7) is 0. The zero-order chi connectivity index (χ0) is 35.5. The fraction of sp³-hybridized carbons (Fsp3) is 0.333. The summed E-state index contributed by atoms with van der Waals surface area (Å²) in [6.07, 6.45) is 23.9. The maximum atomic E-state index is 4.76. The molecule has 2 fully saturated rings. The molecular weight excluding hydrogens is 798 g/mol. The van der Waals surface area contributed by atoms with Crippen LogP contribution < -0.4 is 0 Å². The molecule has 4 aromatic rings. The van der Waals surface area contributed by atoms with E-state index in [0.29, 0.717) is 0 Å². The Morgan fingerprint density at radius 1 is 0.420 bits per heavy atom. The Kier molecular flexibility index (Phi) is 22.8. The molecule has 0 radical (unpaired) electrons. The third-order valence-corrected chi connectivity index (χ3v) is 7.73. The third-order valence-electron chi connectivity index (χ3n) is 7.73. The van der Waals surface area contributed by atoms with Crippen molar-refractivity contribution in [2.24, 2.45) is 20.0 Å². The number of hydrogen-bond acceptors (Lipinski definition) is 8. The van der Waals surface area contributed by atoms with Crippen molar-refractivity contribution >= 4 is 65.3 Å². The summed E-state index contributed by atoms with van der Waals surface area (Å²) in [7, 11) is 19.1. The fourth-order valence-corrected chi connectivity index (χ4v) is 5.38. The maximum absolute atomic E-state index is 4.76. The molecule has 0 aromatic carbocycles. The normalized spacial score (nSPS) is 20.6. The van der Waals surface area contributed by atoms with E-state index in [2.05, 4.69) is 19.9 Å². The summed E-state index contributed by atoms with van der Waals surface area (Å²) in [6, 6.07) is 24.4. The number of aliphatic imine (C=N–C) groups is 4. The average molecular weight is 838 g/mol. The van der Waals surface area contributed by atoms with E-state index in [1.54, 1.807) is 24.8 Å². The first kappa shape index (κ1) is 41.9. The van der Waals surface area contributed by atoms with Crippen molar-refractivity contribution in [2.75, 3.05) is 0 Å². The van der Waals surface area contributed by atoms with E-state index >= 15 is 0 Å². The second kappa shape index (κ2) is 27.2. The topological polar surface area (TPSA) is 101 Å². The Morgan fingerprint density at radius 3 is 0.820 bits per heavy atom. The molecule has 2 aliphatic rings. The van der Waals surface area contributed by atoms with Gasteiger partial charge in [0.25, 0.3) is 0 Å². The van der Waals surface area contributed by atoms with Gasteiger partial charge in [0.1, 0.15) is 0 Å². The van der Waals surface area contributed by atoms with Gasteiger partial charge in [-0.25, -0.2) is 0 Å². The first-order valence-corrected chi connectivity index (χ1v) is 22.2. The van der Waals surface area contributed by atoms with Crippen molar-refractivity contribution in [2.45, 2.75) is 75.5 Å². The Labute approximate surface area is 325 Å². The van der Waals surface area contributed by atoms with Gasteiger partial charge in [-0.15, -0.1) is 0 Å². The zero-order valence-corrected chi connectivity index (χ0v) is 32.5. The van der Waals surface area contributed by atoms with Crippen molar-refractivity contribution < 1.29 is 26.3 Å². The molecule has 0 unspecified atom stereocenters. The van der Waals surface area contributed by atoms with E-state index in [0.717, 1.165) is 48.5 Å². The van der Waals surface area contributed by atoms with E-state index < -0.39 is 0 Å². The Balaban J connectivity index is 0.000000234. The van der Waals surface area contributed by atoms with Gasteiger partial charge < -0.3 is 0 Å². The van der Waals surface area contributed by atoms with Gasteiger partial charge in [0.2, 0.25) is 0 Å². The molecule has 4 heterocycles. The molecule has 0 bridgehead atoms. The molecule has 4 aromatic heterocycles. The standard InChI is InChI=1S/2C18H20N4.4ClH.2Fe/c2*1-2-10-18(22-14-16-8-4-6-12-20-16)17(9-1)21-13-15-7-3-5-11-19-15;;;;;;/h2*3-8,11-14,17-18H,1-2,9-10H2;4*1H;;/q;;;;;;2*+2/p-4/t2*17-,18-;;;;;;/m00....../s1. The number of pyridine rings is 4. The van der Waals surface area contributed by atoms with Crippen LogP contribution >= 0.6 is 40.4 Å². The van der Waals surface area contributed by atoms with E-state index in [1.165, 1.54) is 25.7 Å². The molecule has 2 aliphatic carbocycles. The molecule has 2 saturated carbocycles. The van der Waals surface area contributed by atoms with Gasteiger partial charge in [-0.05, 0) is 74.2 Å². The van der Waals surface area contributed by atoms with Crippen molar-refractivity contribution in [3.63, 3.8) is 0 Å². The van der Waals surface area contributed by atoms with Crippen LogP contribution in [0.1, 0.15) is 74.1 Å². The summed E-state index contributed by atoms with van der Waals surface area (Å²) < 4.78 is 0. The molecule has 6 rings (SSSR count). The molecule has 0 amide bonds. The first-order valence-electron chi connectivity index (χ1n) is 16.1. The Bertz CT molecular complexity index is 1310. The second-order valence-electron chi connectivity index (χ2n) is 11.1. The molecule has 0 N–H and O–H groups in total.